The van der Waals surface area contributed by atoms with Gasteiger partial charge < -0.3 is 0 Å². The van der Waals surface area contributed by atoms with Crippen molar-refractivity contribution in [2.24, 2.45) is 5.92 Å². The second-order valence-corrected chi connectivity index (χ2v) is 3.96. The first-order valence-corrected chi connectivity index (χ1v) is 5.28. The minimum Gasteiger partial charge on any atom is -0.255 e. The number of hydrogen-bond acceptors (Lipinski definition) is 1. The molecule has 72 valence electrons. The van der Waals surface area contributed by atoms with E-state index in [-0.39, 0.29) is 0 Å². The number of aromatic nitrogens is 1. The zero-order valence-electron chi connectivity index (χ0n) is 8.40. The van der Waals surface area contributed by atoms with Crippen molar-refractivity contribution in [3.63, 3.8) is 0 Å². The van der Waals surface area contributed by atoms with Gasteiger partial charge in [0.05, 0.1) is 5.52 Å². The van der Waals surface area contributed by atoms with E-state index in [2.05, 4.69) is 29.0 Å². The molecule has 2 aromatic rings. The van der Waals surface area contributed by atoms with Gasteiger partial charge >= 0.3 is 0 Å². The lowest BCUT2D eigenvalue weighted by Gasteiger charge is -1.96. The summed E-state index contributed by atoms with van der Waals surface area (Å²) in [7, 11) is 0. The Bertz CT molecular complexity index is 556. The first kappa shape index (κ1) is 8.49. The van der Waals surface area contributed by atoms with E-state index >= 15 is 0 Å². The predicted octanol–water partition coefficient (Wildman–Crippen LogP) is 3.00. The first-order valence-electron chi connectivity index (χ1n) is 5.28. The predicted molar refractivity (Wildman–Crippen MR) is 61.3 cm³/mol. The standard InChI is InChI=1S/C14H11N/c1-2-4-14-13(3-1)9-12(10-15-14)8-7-11-5-6-11/h1-4,9-11H,5-6H2. The number of fused-ring (bicyclic) bond motifs is 1. The van der Waals surface area contributed by atoms with Crippen molar-refractivity contribution in [3.8, 4) is 11.8 Å². The quantitative estimate of drug-likeness (QED) is 0.586. The van der Waals surface area contributed by atoms with Gasteiger partial charge in [-0.2, -0.15) is 0 Å². The van der Waals surface area contributed by atoms with Gasteiger partial charge in [0.1, 0.15) is 0 Å². The van der Waals surface area contributed by atoms with Gasteiger partial charge in [0.15, 0.2) is 0 Å². The summed E-state index contributed by atoms with van der Waals surface area (Å²) in [5, 5.41) is 1.17. The summed E-state index contributed by atoms with van der Waals surface area (Å²) in [6.45, 7) is 0. The minimum atomic E-state index is 0.650. The van der Waals surface area contributed by atoms with Gasteiger partial charge in [-0.05, 0) is 25.0 Å². The van der Waals surface area contributed by atoms with Gasteiger partial charge in [0.2, 0.25) is 0 Å². The molecule has 1 fully saturated rings. The first-order chi connectivity index (χ1) is 7.42. The van der Waals surface area contributed by atoms with E-state index < -0.39 is 0 Å². The maximum atomic E-state index is 4.38. The zero-order chi connectivity index (χ0) is 10.1. The highest BCUT2D eigenvalue weighted by Gasteiger charge is 2.17. The van der Waals surface area contributed by atoms with E-state index in [1.807, 2.05) is 24.4 Å². The largest absolute Gasteiger partial charge is 0.255 e. The number of rotatable bonds is 0. The fourth-order valence-corrected chi connectivity index (χ4v) is 1.55. The summed E-state index contributed by atoms with van der Waals surface area (Å²) in [4.78, 5) is 4.38. The molecule has 1 aromatic carbocycles. The third-order valence-corrected chi connectivity index (χ3v) is 2.59. The number of hydrogen-bond donors (Lipinski definition) is 0. The Kier molecular flexibility index (Phi) is 1.93. The number of benzene rings is 1. The van der Waals surface area contributed by atoms with Crippen molar-refractivity contribution in [3.05, 3.63) is 42.1 Å². The molecule has 0 bridgehead atoms. The monoisotopic (exact) mass is 193 g/mol. The molecule has 0 saturated heterocycles. The van der Waals surface area contributed by atoms with Gasteiger partial charge in [-0.1, -0.05) is 30.0 Å². The van der Waals surface area contributed by atoms with Gasteiger partial charge in [-0.3, -0.25) is 4.98 Å². The Morgan fingerprint density at radius 1 is 1.20 bits per heavy atom. The molecule has 3 rings (SSSR count). The van der Waals surface area contributed by atoms with Crippen LogP contribution in [0.5, 0.6) is 0 Å². The molecule has 1 aliphatic rings. The van der Waals surface area contributed by atoms with Crippen LogP contribution in [0.1, 0.15) is 18.4 Å². The number of pyridine rings is 1. The second-order valence-electron chi connectivity index (χ2n) is 3.96. The molecule has 1 aromatic heterocycles. The highest BCUT2D eigenvalue weighted by molar-refractivity contribution is 5.79. The maximum Gasteiger partial charge on any atom is 0.0702 e. The summed E-state index contributed by atoms with van der Waals surface area (Å²) in [6, 6.07) is 10.2. The molecule has 0 unspecified atom stereocenters. The van der Waals surface area contributed by atoms with Crippen molar-refractivity contribution in [1.82, 2.24) is 4.98 Å². The lowest BCUT2D eigenvalue weighted by Crippen LogP contribution is -1.81. The molecule has 0 radical (unpaired) electrons. The van der Waals surface area contributed by atoms with E-state index in [1.165, 1.54) is 18.2 Å². The summed E-state index contributed by atoms with van der Waals surface area (Å²) >= 11 is 0. The molecule has 0 aliphatic heterocycles. The fourth-order valence-electron chi connectivity index (χ4n) is 1.55. The second kappa shape index (κ2) is 3.40. The van der Waals surface area contributed by atoms with Gasteiger partial charge in [0.25, 0.3) is 0 Å². The summed E-state index contributed by atoms with van der Waals surface area (Å²) < 4.78 is 0. The van der Waals surface area contributed by atoms with Crippen LogP contribution in [0.15, 0.2) is 36.5 Å². The average molecular weight is 193 g/mol. The summed E-state index contributed by atoms with van der Waals surface area (Å²) in [5.74, 6) is 7.08. The zero-order valence-corrected chi connectivity index (χ0v) is 8.40. The molecular formula is C14H11N. The van der Waals surface area contributed by atoms with Crippen molar-refractivity contribution < 1.29 is 0 Å². The molecule has 15 heavy (non-hydrogen) atoms. The molecule has 0 spiro atoms. The highest BCUT2D eigenvalue weighted by Crippen LogP contribution is 2.27. The van der Waals surface area contributed by atoms with Gasteiger partial charge in [0, 0.05) is 23.1 Å². The third kappa shape index (κ3) is 1.85. The molecular weight excluding hydrogens is 182 g/mol. The average Bonchev–Trinajstić information content (AvgIpc) is 3.10. The summed E-state index contributed by atoms with van der Waals surface area (Å²) in [5.41, 5.74) is 2.06. The van der Waals surface area contributed by atoms with Gasteiger partial charge in [-0.25, -0.2) is 0 Å². The Morgan fingerprint density at radius 2 is 2.07 bits per heavy atom. The van der Waals surface area contributed by atoms with E-state index in [1.54, 1.807) is 0 Å². The molecule has 1 heteroatoms. The number of para-hydroxylation sites is 1. The molecule has 1 aliphatic carbocycles. The van der Waals surface area contributed by atoms with Crippen LogP contribution in [0.3, 0.4) is 0 Å². The lowest BCUT2D eigenvalue weighted by atomic mass is 10.1. The van der Waals surface area contributed by atoms with Crippen molar-refractivity contribution in [1.29, 1.82) is 0 Å². The Balaban J connectivity index is 2.02. The topological polar surface area (TPSA) is 12.9 Å². The smallest absolute Gasteiger partial charge is 0.0702 e. The van der Waals surface area contributed by atoms with E-state index in [0.29, 0.717) is 5.92 Å². The highest BCUT2D eigenvalue weighted by atomic mass is 14.6. The van der Waals surface area contributed by atoms with Crippen molar-refractivity contribution >= 4 is 10.9 Å². The van der Waals surface area contributed by atoms with Crippen LogP contribution >= 0.6 is 0 Å². The number of nitrogens with zero attached hydrogens (tertiary/aromatic N) is 1. The summed E-state index contributed by atoms with van der Waals surface area (Å²) in [6.07, 6.45) is 4.40. The third-order valence-electron chi connectivity index (χ3n) is 2.59. The van der Waals surface area contributed by atoms with Crippen molar-refractivity contribution in [2.75, 3.05) is 0 Å². The Labute approximate surface area is 89.2 Å². The fraction of sp³-hybridized carbons (Fsp3) is 0.214. The van der Waals surface area contributed by atoms with Crippen molar-refractivity contribution in [2.45, 2.75) is 12.8 Å². The molecule has 1 heterocycles. The van der Waals surface area contributed by atoms with Crippen LogP contribution in [0, 0.1) is 17.8 Å². The van der Waals surface area contributed by atoms with Crippen LogP contribution in [0.25, 0.3) is 10.9 Å². The van der Waals surface area contributed by atoms with E-state index in [4.69, 9.17) is 0 Å². The van der Waals surface area contributed by atoms with Gasteiger partial charge in [-0.15, -0.1) is 0 Å². The Hall–Kier alpha value is -1.81. The van der Waals surface area contributed by atoms with Crippen LogP contribution < -0.4 is 0 Å². The van der Waals surface area contributed by atoms with E-state index in [0.717, 1.165) is 11.1 Å². The SMILES string of the molecule is C(#CC1CC1)c1cnc2ccccc2c1. The molecule has 1 nitrogen and oxygen atoms in total. The molecule has 0 amide bonds. The Morgan fingerprint density at radius 3 is 2.93 bits per heavy atom. The van der Waals surface area contributed by atoms with Crippen LogP contribution in [-0.4, -0.2) is 4.98 Å². The van der Waals surface area contributed by atoms with Crippen LogP contribution in [0.4, 0.5) is 0 Å². The normalized spacial score (nSPS) is 14.7. The lowest BCUT2D eigenvalue weighted by molar-refractivity contribution is 1.18. The molecule has 1 saturated carbocycles. The van der Waals surface area contributed by atoms with E-state index in [9.17, 15) is 0 Å². The maximum absolute atomic E-state index is 4.38. The van der Waals surface area contributed by atoms with Crippen LogP contribution in [-0.2, 0) is 0 Å². The molecule has 0 atom stereocenters. The minimum absolute atomic E-state index is 0.650. The molecule has 0 N–H and O–H groups in total. The van der Waals surface area contributed by atoms with Crippen LogP contribution in [0.2, 0.25) is 0 Å².